The molecular weight excluding hydrogens is 250 g/mol. The molecule has 0 saturated carbocycles. The number of halogens is 1. The highest BCUT2D eigenvalue weighted by atomic mass is 35.5. The van der Waals surface area contributed by atoms with Crippen molar-refractivity contribution in [2.75, 3.05) is 24.4 Å². The largest absolute Gasteiger partial charge is 0.355 e. The van der Waals surface area contributed by atoms with E-state index in [0.29, 0.717) is 11.7 Å². The van der Waals surface area contributed by atoms with Crippen LogP contribution in [-0.4, -0.2) is 29.0 Å². The first-order chi connectivity index (χ1) is 8.57. The third kappa shape index (κ3) is 4.02. The molecule has 1 heterocycles. The molecular formula is C13H22ClN3O. The highest BCUT2D eigenvalue weighted by Crippen LogP contribution is 2.07. The van der Waals surface area contributed by atoms with E-state index < -0.39 is 0 Å². The fourth-order valence-electron chi connectivity index (χ4n) is 1.81. The van der Waals surface area contributed by atoms with Crippen LogP contribution in [0, 0.1) is 0 Å². The topological polar surface area (TPSA) is 38.1 Å². The van der Waals surface area contributed by atoms with Gasteiger partial charge < -0.3 is 9.47 Å². The Labute approximate surface area is 114 Å². The van der Waals surface area contributed by atoms with Gasteiger partial charge in [-0.1, -0.05) is 6.42 Å². The van der Waals surface area contributed by atoms with Crippen LogP contribution >= 0.6 is 11.6 Å². The van der Waals surface area contributed by atoms with Gasteiger partial charge in [-0.05, 0) is 26.7 Å². The van der Waals surface area contributed by atoms with Crippen molar-refractivity contribution in [2.45, 2.75) is 39.2 Å². The minimum absolute atomic E-state index is 0.0210. The van der Waals surface area contributed by atoms with E-state index in [4.69, 9.17) is 11.6 Å². The zero-order valence-electron chi connectivity index (χ0n) is 11.4. The van der Waals surface area contributed by atoms with Gasteiger partial charge in [-0.25, -0.2) is 4.98 Å². The van der Waals surface area contributed by atoms with Crippen LogP contribution in [0.3, 0.4) is 0 Å². The maximum atomic E-state index is 12.2. The van der Waals surface area contributed by atoms with Gasteiger partial charge in [0.1, 0.15) is 0 Å². The predicted molar refractivity (Wildman–Crippen MR) is 76.7 cm³/mol. The molecule has 0 aliphatic carbocycles. The van der Waals surface area contributed by atoms with Gasteiger partial charge in [0.2, 0.25) is 0 Å². The Morgan fingerprint density at radius 3 is 2.72 bits per heavy atom. The van der Waals surface area contributed by atoms with E-state index in [0.717, 1.165) is 25.8 Å². The first kappa shape index (κ1) is 15.0. The molecule has 1 aromatic heterocycles. The fourth-order valence-corrected chi connectivity index (χ4v) is 2.00. The van der Waals surface area contributed by atoms with Crippen LogP contribution < -0.4 is 10.5 Å². The van der Waals surface area contributed by atoms with Crippen LogP contribution in [-0.2, 0) is 0 Å². The van der Waals surface area contributed by atoms with E-state index >= 15 is 0 Å². The molecule has 5 heteroatoms. The van der Waals surface area contributed by atoms with Gasteiger partial charge in [0.25, 0.3) is 5.56 Å². The Morgan fingerprint density at radius 1 is 1.39 bits per heavy atom. The summed E-state index contributed by atoms with van der Waals surface area (Å²) in [6.45, 7) is 4.82. The monoisotopic (exact) mass is 271 g/mol. The van der Waals surface area contributed by atoms with E-state index in [1.165, 1.54) is 0 Å². The maximum absolute atomic E-state index is 12.2. The third-order valence-corrected chi connectivity index (χ3v) is 3.16. The van der Waals surface area contributed by atoms with Gasteiger partial charge in [-0.2, -0.15) is 0 Å². The molecule has 4 nitrogen and oxygen atoms in total. The maximum Gasteiger partial charge on any atom is 0.293 e. The summed E-state index contributed by atoms with van der Waals surface area (Å²) >= 11 is 5.64. The van der Waals surface area contributed by atoms with E-state index in [1.54, 1.807) is 17.0 Å². The van der Waals surface area contributed by atoms with Crippen LogP contribution in [0.5, 0.6) is 0 Å². The molecule has 0 atom stereocenters. The van der Waals surface area contributed by atoms with Crippen LogP contribution in [0.2, 0.25) is 0 Å². The number of alkyl halides is 1. The lowest BCUT2D eigenvalue weighted by atomic mass is 10.2. The zero-order chi connectivity index (χ0) is 13.5. The number of unbranched alkanes of at least 4 members (excludes halogenated alkanes) is 2. The Hall–Kier alpha value is -1.03. The van der Waals surface area contributed by atoms with Crippen molar-refractivity contribution in [3.8, 4) is 0 Å². The first-order valence-electron chi connectivity index (χ1n) is 6.42. The highest BCUT2D eigenvalue weighted by Gasteiger charge is 2.10. The molecule has 0 saturated heterocycles. The number of anilines is 1. The normalized spacial score (nSPS) is 10.9. The van der Waals surface area contributed by atoms with Gasteiger partial charge in [-0.3, -0.25) is 4.79 Å². The van der Waals surface area contributed by atoms with Gasteiger partial charge in [0, 0.05) is 37.9 Å². The van der Waals surface area contributed by atoms with E-state index in [9.17, 15) is 4.79 Å². The second-order valence-corrected chi connectivity index (χ2v) is 5.11. The number of rotatable bonds is 7. The molecule has 1 rings (SSSR count). The van der Waals surface area contributed by atoms with E-state index in [-0.39, 0.29) is 11.6 Å². The molecule has 0 bridgehead atoms. The number of nitrogens with zero attached hydrogens (tertiary/aromatic N) is 3. The molecule has 0 radical (unpaired) electrons. The number of hydrogen-bond acceptors (Lipinski definition) is 3. The Balaban J connectivity index is 2.71. The summed E-state index contributed by atoms with van der Waals surface area (Å²) in [6, 6.07) is 0.156. The highest BCUT2D eigenvalue weighted by molar-refractivity contribution is 6.17. The van der Waals surface area contributed by atoms with Crippen molar-refractivity contribution in [2.24, 2.45) is 0 Å². The Morgan fingerprint density at radius 2 is 2.11 bits per heavy atom. The molecule has 0 fully saturated rings. The zero-order valence-corrected chi connectivity index (χ0v) is 12.2. The van der Waals surface area contributed by atoms with Crippen LogP contribution in [0.25, 0.3) is 0 Å². The van der Waals surface area contributed by atoms with Crippen LogP contribution in [0.15, 0.2) is 17.2 Å². The van der Waals surface area contributed by atoms with E-state index in [2.05, 4.69) is 4.98 Å². The first-order valence-corrected chi connectivity index (χ1v) is 6.95. The van der Waals surface area contributed by atoms with E-state index in [1.807, 2.05) is 25.8 Å². The SMILES string of the molecule is CC(C)n1ccnc(N(C)CCCCCCl)c1=O. The molecule has 0 aromatic carbocycles. The average Bonchev–Trinajstić information content (AvgIpc) is 2.34. The molecule has 18 heavy (non-hydrogen) atoms. The summed E-state index contributed by atoms with van der Waals surface area (Å²) in [4.78, 5) is 18.3. The van der Waals surface area contributed by atoms with Gasteiger partial charge >= 0.3 is 0 Å². The average molecular weight is 272 g/mol. The summed E-state index contributed by atoms with van der Waals surface area (Å²) in [5, 5.41) is 0. The summed E-state index contributed by atoms with van der Waals surface area (Å²) in [5.74, 6) is 1.23. The Bertz CT molecular complexity index is 417. The summed E-state index contributed by atoms with van der Waals surface area (Å²) < 4.78 is 1.71. The van der Waals surface area contributed by atoms with Crippen LogP contribution in [0.1, 0.15) is 39.2 Å². The molecule has 1 aromatic rings. The van der Waals surface area contributed by atoms with Crippen molar-refractivity contribution in [3.63, 3.8) is 0 Å². The molecule has 0 aliphatic heterocycles. The molecule has 0 amide bonds. The molecule has 0 spiro atoms. The fraction of sp³-hybridized carbons (Fsp3) is 0.692. The smallest absolute Gasteiger partial charge is 0.293 e. The number of hydrogen-bond donors (Lipinski definition) is 0. The van der Waals surface area contributed by atoms with Crippen molar-refractivity contribution in [3.05, 3.63) is 22.7 Å². The third-order valence-electron chi connectivity index (χ3n) is 2.89. The van der Waals surface area contributed by atoms with Crippen LogP contribution in [0.4, 0.5) is 5.82 Å². The summed E-state index contributed by atoms with van der Waals surface area (Å²) in [7, 11) is 1.91. The standard InChI is InChI=1S/C13H22ClN3O/c1-11(2)17-10-8-15-12(13(17)18)16(3)9-6-4-5-7-14/h8,10-11H,4-7,9H2,1-3H3. The Kier molecular flexibility index (Phi) is 6.19. The predicted octanol–water partition coefficient (Wildman–Crippen LogP) is 2.67. The van der Waals surface area contributed by atoms with Gasteiger partial charge in [0.05, 0.1) is 0 Å². The van der Waals surface area contributed by atoms with Gasteiger partial charge in [0.15, 0.2) is 5.82 Å². The van der Waals surface area contributed by atoms with Crippen molar-refractivity contribution in [1.82, 2.24) is 9.55 Å². The number of aromatic nitrogens is 2. The molecule has 0 aliphatic rings. The van der Waals surface area contributed by atoms with Gasteiger partial charge in [-0.15, -0.1) is 11.6 Å². The summed E-state index contributed by atoms with van der Waals surface area (Å²) in [6.07, 6.45) is 6.55. The minimum atomic E-state index is -0.0210. The van der Waals surface area contributed by atoms with Crippen molar-refractivity contribution < 1.29 is 0 Å². The quantitative estimate of drug-likeness (QED) is 0.565. The molecule has 0 unspecified atom stereocenters. The summed E-state index contributed by atoms with van der Waals surface area (Å²) in [5.41, 5.74) is -0.0210. The lowest BCUT2D eigenvalue weighted by Crippen LogP contribution is -2.31. The molecule has 0 N–H and O–H groups in total. The molecule has 102 valence electrons. The second kappa shape index (κ2) is 7.41. The lowest BCUT2D eigenvalue weighted by Gasteiger charge is -2.19. The van der Waals surface area contributed by atoms with Crippen molar-refractivity contribution >= 4 is 17.4 Å². The minimum Gasteiger partial charge on any atom is -0.355 e. The van der Waals surface area contributed by atoms with Crippen molar-refractivity contribution in [1.29, 1.82) is 0 Å². The second-order valence-electron chi connectivity index (χ2n) is 4.73. The lowest BCUT2D eigenvalue weighted by molar-refractivity contribution is 0.571.